The second-order valence-corrected chi connectivity index (χ2v) is 5.43. The molecular formula is C14H22ClFN2. The van der Waals surface area contributed by atoms with Crippen LogP contribution in [-0.2, 0) is 6.42 Å². The molecule has 0 saturated heterocycles. The van der Waals surface area contributed by atoms with Crippen molar-refractivity contribution < 1.29 is 4.39 Å². The lowest BCUT2D eigenvalue weighted by atomic mass is 9.97. The van der Waals surface area contributed by atoms with E-state index >= 15 is 0 Å². The van der Waals surface area contributed by atoms with E-state index in [1.165, 1.54) is 0 Å². The average Bonchev–Trinajstić information content (AvgIpc) is 2.32. The van der Waals surface area contributed by atoms with Crippen LogP contribution in [0.2, 0.25) is 5.02 Å². The van der Waals surface area contributed by atoms with Crippen LogP contribution < -0.4 is 11.5 Å². The normalized spacial score (nSPS) is 13.1. The molecular weight excluding hydrogens is 251 g/mol. The Balaban J connectivity index is 2.72. The van der Waals surface area contributed by atoms with Crippen molar-refractivity contribution in [2.75, 3.05) is 6.54 Å². The SMILES string of the molecule is CC(C)c1cc(CCC[C@@H](N)CN)cc(Cl)c1F. The third-order valence-electron chi connectivity index (χ3n) is 3.08. The zero-order valence-electron chi connectivity index (χ0n) is 11.0. The molecule has 0 saturated carbocycles. The van der Waals surface area contributed by atoms with Gasteiger partial charge in [0.2, 0.25) is 0 Å². The van der Waals surface area contributed by atoms with Crippen molar-refractivity contribution >= 4 is 11.6 Å². The quantitative estimate of drug-likeness (QED) is 0.835. The van der Waals surface area contributed by atoms with Gasteiger partial charge in [0.1, 0.15) is 5.82 Å². The molecule has 0 aliphatic carbocycles. The third-order valence-corrected chi connectivity index (χ3v) is 3.36. The fourth-order valence-electron chi connectivity index (χ4n) is 1.92. The number of halogens is 2. The number of nitrogens with two attached hydrogens (primary N) is 2. The van der Waals surface area contributed by atoms with Gasteiger partial charge in [0.05, 0.1) is 5.02 Å². The summed E-state index contributed by atoms with van der Waals surface area (Å²) in [7, 11) is 0. The first kappa shape index (κ1) is 15.4. The monoisotopic (exact) mass is 272 g/mol. The number of aryl methyl sites for hydroxylation is 1. The van der Waals surface area contributed by atoms with Crippen LogP contribution in [0.4, 0.5) is 4.39 Å². The second-order valence-electron chi connectivity index (χ2n) is 5.02. The van der Waals surface area contributed by atoms with Crippen LogP contribution in [-0.4, -0.2) is 12.6 Å². The maximum Gasteiger partial charge on any atom is 0.145 e. The summed E-state index contributed by atoms with van der Waals surface area (Å²) >= 11 is 5.91. The molecule has 2 nitrogen and oxygen atoms in total. The summed E-state index contributed by atoms with van der Waals surface area (Å²) in [4.78, 5) is 0. The molecule has 4 N–H and O–H groups in total. The molecule has 0 amide bonds. The lowest BCUT2D eigenvalue weighted by Gasteiger charge is -2.12. The molecule has 102 valence electrons. The predicted molar refractivity (Wildman–Crippen MR) is 75.5 cm³/mol. The highest BCUT2D eigenvalue weighted by atomic mass is 35.5. The van der Waals surface area contributed by atoms with Crippen molar-refractivity contribution in [1.82, 2.24) is 0 Å². The van der Waals surface area contributed by atoms with Gasteiger partial charge in [-0.1, -0.05) is 31.5 Å². The van der Waals surface area contributed by atoms with E-state index in [1.807, 2.05) is 19.9 Å². The predicted octanol–water partition coefficient (Wildman–Crippen LogP) is 3.21. The standard InChI is InChI=1S/C14H22ClFN2/c1-9(2)12-6-10(7-13(15)14(12)16)4-3-5-11(18)8-17/h6-7,9,11H,3-5,8,17-18H2,1-2H3/t11-/m1/s1. The van der Waals surface area contributed by atoms with Gasteiger partial charge in [0.25, 0.3) is 0 Å². The van der Waals surface area contributed by atoms with Crippen LogP contribution in [0, 0.1) is 5.82 Å². The van der Waals surface area contributed by atoms with E-state index < -0.39 is 0 Å². The van der Waals surface area contributed by atoms with Gasteiger partial charge in [-0.2, -0.15) is 0 Å². The molecule has 0 bridgehead atoms. The molecule has 0 fully saturated rings. The minimum absolute atomic E-state index is 0.0467. The van der Waals surface area contributed by atoms with Crippen LogP contribution in [0.5, 0.6) is 0 Å². The molecule has 18 heavy (non-hydrogen) atoms. The molecule has 0 radical (unpaired) electrons. The maximum atomic E-state index is 13.8. The Morgan fingerprint density at radius 2 is 2.00 bits per heavy atom. The summed E-state index contributed by atoms with van der Waals surface area (Å²) in [6.07, 6.45) is 2.67. The fraction of sp³-hybridized carbons (Fsp3) is 0.571. The summed E-state index contributed by atoms with van der Waals surface area (Å²) in [5.41, 5.74) is 13.0. The number of hydrogen-bond acceptors (Lipinski definition) is 2. The van der Waals surface area contributed by atoms with Gasteiger partial charge in [-0.05, 0) is 42.4 Å². The van der Waals surface area contributed by atoms with Gasteiger partial charge >= 0.3 is 0 Å². The van der Waals surface area contributed by atoms with Crippen LogP contribution >= 0.6 is 11.6 Å². The number of hydrogen-bond donors (Lipinski definition) is 2. The Bertz CT molecular complexity index is 394. The highest BCUT2D eigenvalue weighted by Crippen LogP contribution is 2.27. The largest absolute Gasteiger partial charge is 0.329 e. The molecule has 0 spiro atoms. The van der Waals surface area contributed by atoms with Crippen molar-refractivity contribution in [3.63, 3.8) is 0 Å². The van der Waals surface area contributed by atoms with Gasteiger partial charge in [-0.3, -0.25) is 0 Å². The molecule has 4 heteroatoms. The van der Waals surface area contributed by atoms with Crippen LogP contribution in [0.3, 0.4) is 0 Å². The van der Waals surface area contributed by atoms with E-state index in [9.17, 15) is 4.39 Å². The summed E-state index contributed by atoms with van der Waals surface area (Å²) < 4.78 is 13.8. The number of rotatable bonds is 6. The summed E-state index contributed by atoms with van der Waals surface area (Å²) in [6, 6.07) is 3.65. The minimum atomic E-state index is -0.297. The molecule has 1 atom stereocenters. The zero-order chi connectivity index (χ0) is 13.7. The summed E-state index contributed by atoms with van der Waals surface area (Å²) in [6.45, 7) is 4.42. The van der Waals surface area contributed by atoms with Crippen LogP contribution in [0.15, 0.2) is 12.1 Å². The van der Waals surface area contributed by atoms with Crippen molar-refractivity contribution in [3.8, 4) is 0 Å². The van der Waals surface area contributed by atoms with E-state index in [0.717, 1.165) is 24.8 Å². The van der Waals surface area contributed by atoms with Crippen molar-refractivity contribution in [1.29, 1.82) is 0 Å². The Hall–Kier alpha value is -0.640. The van der Waals surface area contributed by atoms with Crippen molar-refractivity contribution in [2.45, 2.75) is 45.1 Å². The maximum absolute atomic E-state index is 13.8. The molecule has 0 aromatic heterocycles. The lowest BCUT2D eigenvalue weighted by molar-refractivity contribution is 0.584. The molecule has 0 heterocycles. The summed E-state index contributed by atoms with van der Waals surface area (Å²) in [5.74, 6) is -0.164. The summed E-state index contributed by atoms with van der Waals surface area (Å²) in [5, 5.41) is 0.208. The van der Waals surface area contributed by atoms with Gasteiger partial charge < -0.3 is 11.5 Å². The molecule has 0 aliphatic rings. The van der Waals surface area contributed by atoms with Gasteiger partial charge in [-0.15, -0.1) is 0 Å². The molecule has 0 unspecified atom stereocenters. The lowest BCUT2D eigenvalue weighted by Crippen LogP contribution is -2.29. The fourth-order valence-corrected chi connectivity index (χ4v) is 2.17. The Morgan fingerprint density at radius 3 is 2.56 bits per heavy atom. The third kappa shape index (κ3) is 4.23. The van der Waals surface area contributed by atoms with E-state index in [2.05, 4.69) is 0 Å². The van der Waals surface area contributed by atoms with Crippen LogP contribution in [0.1, 0.15) is 43.7 Å². The van der Waals surface area contributed by atoms with E-state index in [-0.39, 0.29) is 22.8 Å². The molecule has 1 rings (SSSR count). The van der Waals surface area contributed by atoms with Gasteiger partial charge in [0, 0.05) is 12.6 Å². The Kier molecular flexibility index (Phi) is 6.06. The van der Waals surface area contributed by atoms with Crippen molar-refractivity contribution in [3.05, 3.63) is 34.1 Å². The van der Waals surface area contributed by atoms with Crippen molar-refractivity contribution in [2.24, 2.45) is 11.5 Å². The average molecular weight is 273 g/mol. The first-order chi connectivity index (χ1) is 8.45. The topological polar surface area (TPSA) is 52.0 Å². The Morgan fingerprint density at radius 1 is 1.33 bits per heavy atom. The highest BCUT2D eigenvalue weighted by Gasteiger charge is 2.12. The molecule has 1 aromatic rings. The minimum Gasteiger partial charge on any atom is -0.329 e. The van der Waals surface area contributed by atoms with E-state index in [4.69, 9.17) is 23.1 Å². The smallest absolute Gasteiger partial charge is 0.145 e. The highest BCUT2D eigenvalue weighted by molar-refractivity contribution is 6.30. The first-order valence-corrected chi connectivity index (χ1v) is 6.77. The number of benzene rings is 1. The van der Waals surface area contributed by atoms with Gasteiger partial charge in [0.15, 0.2) is 0 Å². The Labute approximate surface area is 113 Å². The first-order valence-electron chi connectivity index (χ1n) is 6.39. The zero-order valence-corrected chi connectivity index (χ0v) is 11.8. The molecule has 0 aliphatic heterocycles. The van der Waals surface area contributed by atoms with E-state index in [0.29, 0.717) is 12.1 Å². The van der Waals surface area contributed by atoms with E-state index in [1.54, 1.807) is 6.07 Å². The second kappa shape index (κ2) is 7.07. The van der Waals surface area contributed by atoms with Crippen LogP contribution in [0.25, 0.3) is 0 Å². The van der Waals surface area contributed by atoms with Gasteiger partial charge in [-0.25, -0.2) is 4.39 Å². The molecule has 1 aromatic carbocycles.